The first kappa shape index (κ1) is 17.8. The van der Waals surface area contributed by atoms with Crippen molar-refractivity contribution in [3.63, 3.8) is 0 Å². The summed E-state index contributed by atoms with van der Waals surface area (Å²) in [5.41, 5.74) is 4.91. The molecule has 0 aromatic rings. The Morgan fingerprint density at radius 1 is 1.05 bits per heavy atom. The van der Waals surface area contributed by atoms with Crippen LogP contribution in [0.4, 0.5) is 0 Å². The molecule has 7 heteroatoms. The van der Waals surface area contributed by atoms with Gasteiger partial charge in [-0.25, -0.2) is 0 Å². The SMILES string of the molecule is CCCCOCCOCCNC(=O)CNCC(N)=O. The maximum absolute atomic E-state index is 11.2. The molecule has 0 unspecified atom stereocenters. The smallest absolute Gasteiger partial charge is 0.234 e. The van der Waals surface area contributed by atoms with E-state index in [1.54, 1.807) is 0 Å². The van der Waals surface area contributed by atoms with Gasteiger partial charge < -0.3 is 20.5 Å². The van der Waals surface area contributed by atoms with Gasteiger partial charge in [0.2, 0.25) is 11.8 Å². The van der Waals surface area contributed by atoms with Crippen molar-refractivity contribution >= 4 is 11.8 Å². The third-order valence-corrected chi connectivity index (χ3v) is 2.17. The van der Waals surface area contributed by atoms with E-state index in [0.29, 0.717) is 26.4 Å². The molecule has 112 valence electrons. The summed E-state index contributed by atoms with van der Waals surface area (Å²) >= 11 is 0. The van der Waals surface area contributed by atoms with Crippen molar-refractivity contribution in [3.8, 4) is 0 Å². The predicted octanol–water partition coefficient (Wildman–Crippen LogP) is -0.989. The number of primary amides is 1. The maximum atomic E-state index is 11.2. The Morgan fingerprint density at radius 2 is 1.74 bits per heavy atom. The van der Waals surface area contributed by atoms with Gasteiger partial charge in [0.05, 0.1) is 32.9 Å². The van der Waals surface area contributed by atoms with E-state index in [-0.39, 0.29) is 19.0 Å². The molecule has 0 radical (unpaired) electrons. The minimum atomic E-state index is -0.487. The molecule has 0 aliphatic carbocycles. The van der Waals surface area contributed by atoms with Crippen LogP contribution >= 0.6 is 0 Å². The molecule has 0 aliphatic heterocycles. The van der Waals surface area contributed by atoms with Crippen molar-refractivity contribution in [2.75, 3.05) is 46.1 Å². The largest absolute Gasteiger partial charge is 0.379 e. The first-order chi connectivity index (χ1) is 9.16. The Balaban J connectivity index is 3.16. The second-order valence-corrected chi connectivity index (χ2v) is 4.00. The zero-order valence-electron chi connectivity index (χ0n) is 11.6. The monoisotopic (exact) mass is 275 g/mol. The zero-order chi connectivity index (χ0) is 14.3. The number of rotatable bonds is 13. The van der Waals surface area contributed by atoms with Crippen LogP contribution in [0.2, 0.25) is 0 Å². The number of hydrogen-bond acceptors (Lipinski definition) is 5. The highest BCUT2D eigenvalue weighted by molar-refractivity contribution is 5.80. The van der Waals surface area contributed by atoms with Crippen LogP contribution in [0.1, 0.15) is 19.8 Å². The van der Waals surface area contributed by atoms with E-state index < -0.39 is 5.91 Å². The van der Waals surface area contributed by atoms with Crippen molar-refractivity contribution < 1.29 is 19.1 Å². The van der Waals surface area contributed by atoms with E-state index in [4.69, 9.17) is 15.2 Å². The summed E-state index contributed by atoms with van der Waals surface area (Å²) in [6.45, 7) is 4.93. The van der Waals surface area contributed by atoms with Gasteiger partial charge in [-0.2, -0.15) is 0 Å². The van der Waals surface area contributed by atoms with Crippen LogP contribution in [0.3, 0.4) is 0 Å². The molecule has 0 aromatic carbocycles. The second kappa shape index (κ2) is 13.3. The molecule has 7 nitrogen and oxygen atoms in total. The molecule has 0 rings (SSSR count). The van der Waals surface area contributed by atoms with Crippen molar-refractivity contribution in [1.82, 2.24) is 10.6 Å². The molecule has 19 heavy (non-hydrogen) atoms. The van der Waals surface area contributed by atoms with Gasteiger partial charge >= 0.3 is 0 Å². The zero-order valence-corrected chi connectivity index (χ0v) is 11.6. The number of ether oxygens (including phenoxy) is 2. The van der Waals surface area contributed by atoms with E-state index in [2.05, 4.69) is 17.6 Å². The standard InChI is InChI=1S/C12H25N3O4/c1-2-3-5-18-7-8-19-6-4-15-12(17)10-14-9-11(13)16/h14H,2-10H2,1H3,(H2,13,16)(H,15,17). The lowest BCUT2D eigenvalue weighted by atomic mass is 10.4. The number of carbonyl (C=O) groups excluding carboxylic acids is 2. The van der Waals surface area contributed by atoms with Crippen molar-refractivity contribution in [1.29, 1.82) is 0 Å². The summed E-state index contributed by atoms with van der Waals surface area (Å²) in [5, 5.41) is 5.27. The van der Waals surface area contributed by atoms with E-state index in [1.165, 1.54) is 0 Å². The molecule has 0 fully saturated rings. The van der Waals surface area contributed by atoms with Crippen molar-refractivity contribution in [2.24, 2.45) is 5.73 Å². The fraction of sp³-hybridized carbons (Fsp3) is 0.833. The van der Waals surface area contributed by atoms with Crippen LogP contribution in [-0.2, 0) is 19.1 Å². The molecular formula is C12H25N3O4. The first-order valence-corrected chi connectivity index (χ1v) is 6.58. The Labute approximate surface area is 114 Å². The van der Waals surface area contributed by atoms with E-state index in [9.17, 15) is 9.59 Å². The number of nitrogens with one attached hydrogen (secondary N) is 2. The molecule has 0 spiro atoms. The summed E-state index contributed by atoms with van der Waals surface area (Å²) < 4.78 is 10.6. The number of hydrogen-bond donors (Lipinski definition) is 3. The molecule has 4 N–H and O–H groups in total. The fourth-order valence-corrected chi connectivity index (χ4v) is 1.19. The fourth-order valence-electron chi connectivity index (χ4n) is 1.19. The highest BCUT2D eigenvalue weighted by atomic mass is 16.5. The number of amides is 2. The quantitative estimate of drug-likeness (QED) is 0.375. The van der Waals surface area contributed by atoms with Gasteiger partial charge in [-0.15, -0.1) is 0 Å². The molecule has 2 amide bonds. The average Bonchev–Trinajstić information content (AvgIpc) is 2.36. The topological polar surface area (TPSA) is 103 Å². The molecule has 0 heterocycles. The van der Waals surface area contributed by atoms with Gasteiger partial charge in [0.25, 0.3) is 0 Å². The van der Waals surface area contributed by atoms with Crippen LogP contribution in [0.5, 0.6) is 0 Å². The third kappa shape index (κ3) is 14.8. The highest BCUT2D eigenvalue weighted by Gasteiger charge is 2.00. The summed E-state index contributed by atoms with van der Waals surface area (Å²) in [7, 11) is 0. The van der Waals surface area contributed by atoms with E-state index in [0.717, 1.165) is 19.4 Å². The third-order valence-electron chi connectivity index (χ3n) is 2.17. The minimum Gasteiger partial charge on any atom is -0.379 e. The van der Waals surface area contributed by atoms with Gasteiger partial charge in [-0.3, -0.25) is 14.9 Å². The summed E-state index contributed by atoms with van der Waals surface area (Å²) in [5.74, 6) is -0.678. The number of nitrogens with two attached hydrogens (primary N) is 1. The predicted molar refractivity (Wildman–Crippen MR) is 71.6 cm³/mol. The van der Waals surface area contributed by atoms with Crippen LogP contribution in [-0.4, -0.2) is 57.9 Å². The number of carbonyl (C=O) groups is 2. The normalized spacial score (nSPS) is 10.4. The van der Waals surface area contributed by atoms with E-state index in [1.807, 2.05) is 0 Å². The summed E-state index contributed by atoms with van der Waals surface area (Å²) in [6, 6.07) is 0. The Hall–Kier alpha value is -1.18. The Morgan fingerprint density at radius 3 is 2.37 bits per heavy atom. The van der Waals surface area contributed by atoms with Crippen LogP contribution < -0.4 is 16.4 Å². The molecule has 0 aliphatic rings. The van der Waals surface area contributed by atoms with Crippen molar-refractivity contribution in [3.05, 3.63) is 0 Å². The van der Waals surface area contributed by atoms with Crippen LogP contribution in [0, 0.1) is 0 Å². The van der Waals surface area contributed by atoms with Crippen molar-refractivity contribution in [2.45, 2.75) is 19.8 Å². The lowest BCUT2D eigenvalue weighted by molar-refractivity contribution is -0.120. The average molecular weight is 275 g/mol. The second-order valence-electron chi connectivity index (χ2n) is 4.00. The molecule has 0 aromatic heterocycles. The van der Waals surface area contributed by atoms with Gasteiger partial charge in [-0.1, -0.05) is 13.3 Å². The highest BCUT2D eigenvalue weighted by Crippen LogP contribution is 1.87. The number of unbranched alkanes of at least 4 members (excludes halogenated alkanes) is 1. The van der Waals surface area contributed by atoms with Gasteiger partial charge in [-0.05, 0) is 6.42 Å². The van der Waals surface area contributed by atoms with Crippen LogP contribution in [0.25, 0.3) is 0 Å². The maximum Gasteiger partial charge on any atom is 0.234 e. The first-order valence-electron chi connectivity index (χ1n) is 6.58. The summed E-state index contributed by atoms with van der Waals surface area (Å²) in [6.07, 6.45) is 2.19. The van der Waals surface area contributed by atoms with E-state index >= 15 is 0 Å². The van der Waals surface area contributed by atoms with Gasteiger partial charge in [0, 0.05) is 13.2 Å². The molecule has 0 saturated heterocycles. The summed E-state index contributed by atoms with van der Waals surface area (Å²) in [4.78, 5) is 21.6. The molecule has 0 atom stereocenters. The Kier molecular flexibility index (Phi) is 12.4. The lowest BCUT2D eigenvalue weighted by Gasteiger charge is -2.07. The lowest BCUT2D eigenvalue weighted by Crippen LogP contribution is -2.39. The molecule has 0 saturated carbocycles. The molecular weight excluding hydrogens is 250 g/mol. The minimum absolute atomic E-state index is 0.000973. The van der Waals surface area contributed by atoms with Gasteiger partial charge in [0.15, 0.2) is 0 Å². The van der Waals surface area contributed by atoms with Crippen LogP contribution in [0.15, 0.2) is 0 Å². The van der Waals surface area contributed by atoms with Gasteiger partial charge in [0.1, 0.15) is 0 Å². The molecule has 0 bridgehead atoms. The Bertz CT molecular complexity index is 249.